The Bertz CT molecular complexity index is 317. The molecule has 0 aromatic heterocycles. The lowest BCUT2D eigenvalue weighted by molar-refractivity contribution is -0.135. The second-order valence-electron chi connectivity index (χ2n) is 6.87. The molecule has 1 saturated carbocycles. The molecule has 1 aliphatic heterocycles. The number of amides is 1. The van der Waals surface area contributed by atoms with Crippen molar-refractivity contribution in [3.05, 3.63) is 0 Å². The lowest BCUT2D eigenvalue weighted by Crippen LogP contribution is -2.42. The van der Waals surface area contributed by atoms with Crippen LogP contribution in [0.1, 0.15) is 52.4 Å². The van der Waals surface area contributed by atoms with E-state index in [2.05, 4.69) is 13.8 Å². The number of piperidine rings is 1. The van der Waals surface area contributed by atoms with Crippen LogP contribution in [0.5, 0.6) is 0 Å². The highest BCUT2D eigenvalue weighted by atomic mass is 35.5. The Kier molecular flexibility index (Phi) is 7.99. The molecule has 2 aliphatic rings. The molecule has 0 aromatic rings. The van der Waals surface area contributed by atoms with Gasteiger partial charge < -0.3 is 15.4 Å². The van der Waals surface area contributed by atoms with Gasteiger partial charge in [0.15, 0.2) is 0 Å². The number of hydrogen-bond donors (Lipinski definition) is 1. The zero-order valence-corrected chi connectivity index (χ0v) is 14.2. The lowest BCUT2D eigenvalue weighted by Gasteiger charge is -2.33. The fourth-order valence-corrected chi connectivity index (χ4v) is 3.27. The molecule has 1 saturated heterocycles. The van der Waals surface area contributed by atoms with Crippen molar-refractivity contribution in [3.63, 3.8) is 0 Å². The van der Waals surface area contributed by atoms with E-state index in [0.29, 0.717) is 30.3 Å². The first-order chi connectivity index (χ1) is 9.56. The minimum absolute atomic E-state index is 0. The summed E-state index contributed by atoms with van der Waals surface area (Å²) in [6.45, 7) is 6.87. The van der Waals surface area contributed by atoms with Crippen molar-refractivity contribution in [2.75, 3.05) is 19.7 Å². The van der Waals surface area contributed by atoms with Gasteiger partial charge in [0.1, 0.15) is 0 Å². The van der Waals surface area contributed by atoms with Gasteiger partial charge in [0.2, 0.25) is 5.91 Å². The third kappa shape index (κ3) is 5.76. The van der Waals surface area contributed by atoms with E-state index < -0.39 is 0 Å². The van der Waals surface area contributed by atoms with Gasteiger partial charge in [-0.15, -0.1) is 12.4 Å². The molecule has 2 fully saturated rings. The van der Waals surface area contributed by atoms with Crippen molar-refractivity contribution in [1.82, 2.24) is 4.90 Å². The van der Waals surface area contributed by atoms with Gasteiger partial charge in [-0.05, 0) is 37.5 Å². The van der Waals surface area contributed by atoms with Gasteiger partial charge in [0.05, 0.1) is 6.10 Å². The Labute approximate surface area is 135 Å². The Balaban J connectivity index is 0.00000220. The molecule has 0 spiro atoms. The molecule has 1 amide bonds. The third-order valence-corrected chi connectivity index (χ3v) is 4.61. The minimum atomic E-state index is 0. The summed E-state index contributed by atoms with van der Waals surface area (Å²) < 4.78 is 5.86. The molecule has 0 radical (unpaired) electrons. The summed E-state index contributed by atoms with van der Waals surface area (Å²) in [5.41, 5.74) is 6.06. The van der Waals surface area contributed by atoms with Crippen LogP contribution in [0.2, 0.25) is 0 Å². The number of rotatable bonds is 5. The summed E-state index contributed by atoms with van der Waals surface area (Å²) in [6.07, 6.45) is 6.35. The zero-order valence-electron chi connectivity index (χ0n) is 13.4. The Hall–Kier alpha value is -0.320. The first kappa shape index (κ1) is 18.7. The largest absolute Gasteiger partial charge is 0.378 e. The molecule has 2 atom stereocenters. The molecular formula is C16H31ClN2O2. The van der Waals surface area contributed by atoms with Crippen molar-refractivity contribution < 1.29 is 9.53 Å². The second-order valence-corrected chi connectivity index (χ2v) is 6.87. The van der Waals surface area contributed by atoms with E-state index in [-0.39, 0.29) is 18.4 Å². The molecule has 1 heterocycles. The van der Waals surface area contributed by atoms with Crippen LogP contribution >= 0.6 is 12.4 Å². The van der Waals surface area contributed by atoms with Crippen LogP contribution in [0.25, 0.3) is 0 Å². The van der Waals surface area contributed by atoms with Crippen molar-refractivity contribution in [3.8, 4) is 0 Å². The number of carbonyl (C=O) groups is 1. The monoisotopic (exact) mass is 318 g/mol. The average Bonchev–Trinajstić information content (AvgIpc) is 2.82. The molecule has 2 rings (SSSR count). The normalized spacial score (nSPS) is 27.0. The number of hydrogen-bond acceptors (Lipinski definition) is 3. The fourth-order valence-electron chi connectivity index (χ4n) is 3.27. The lowest BCUT2D eigenvalue weighted by atomic mass is 9.98. The first-order valence-electron chi connectivity index (χ1n) is 8.21. The molecule has 0 bridgehead atoms. The van der Waals surface area contributed by atoms with Crippen LogP contribution in [0.3, 0.4) is 0 Å². The second kappa shape index (κ2) is 8.96. The Morgan fingerprint density at radius 3 is 2.43 bits per heavy atom. The molecule has 0 aromatic carbocycles. The van der Waals surface area contributed by atoms with E-state index >= 15 is 0 Å². The maximum absolute atomic E-state index is 12.3. The number of likely N-dealkylation sites (tertiary alicyclic amines) is 1. The highest BCUT2D eigenvalue weighted by molar-refractivity contribution is 5.85. The van der Waals surface area contributed by atoms with Crippen molar-refractivity contribution in [2.45, 2.75) is 64.5 Å². The van der Waals surface area contributed by atoms with Crippen molar-refractivity contribution in [1.29, 1.82) is 0 Å². The molecule has 1 aliphatic carbocycles. The number of carbonyl (C=O) groups excluding carboxylic acids is 1. The van der Waals surface area contributed by atoms with E-state index in [1.807, 2.05) is 4.90 Å². The number of halogens is 1. The summed E-state index contributed by atoms with van der Waals surface area (Å²) >= 11 is 0. The quantitative estimate of drug-likeness (QED) is 0.847. The molecule has 5 heteroatoms. The SMILES string of the molecule is CC(C)COC1CCN(C(=O)C[C@@H]2CCC[C@H]2N)CC1.Cl. The Morgan fingerprint density at radius 2 is 1.90 bits per heavy atom. The van der Waals surface area contributed by atoms with Crippen LogP contribution in [0.4, 0.5) is 0 Å². The van der Waals surface area contributed by atoms with Crippen LogP contribution in [0.15, 0.2) is 0 Å². The van der Waals surface area contributed by atoms with Gasteiger partial charge in [-0.1, -0.05) is 20.3 Å². The van der Waals surface area contributed by atoms with Gasteiger partial charge in [0.25, 0.3) is 0 Å². The summed E-state index contributed by atoms with van der Waals surface area (Å²) in [5, 5.41) is 0. The minimum Gasteiger partial charge on any atom is -0.378 e. The van der Waals surface area contributed by atoms with Crippen LogP contribution in [-0.4, -0.2) is 42.6 Å². The smallest absolute Gasteiger partial charge is 0.222 e. The van der Waals surface area contributed by atoms with E-state index in [4.69, 9.17) is 10.5 Å². The third-order valence-electron chi connectivity index (χ3n) is 4.61. The zero-order chi connectivity index (χ0) is 14.5. The Morgan fingerprint density at radius 1 is 1.24 bits per heavy atom. The van der Waals surface area contributed by atoms with Crippen LogP contribution < -0.4 is 5.73 Å². The van der Waals surface area contributed by atoms with Gasteiger partial charge >= 0.3 is 0 Å². The summed E-state index contributed by atoms with van der Waals surface area (Å²) in [4.78, 5) is 14.3. The number of nitrogens with two attached hydrogens (primary N) is 1. The molecular weight excluding hydrogens is 288 g/mol. The summed E-state index contributed by atoms with van der Waals surface area (Å²) in [6, 6.07) is 0.242. The van der Waals surface area contributed by atoms with Gasteiger partial charge in [0, 0.05) is 32.2 Å². The molecule has 2 N–H and O–H groups in total. The first-order valence-corrected chi connectivity index (χ1v) is 8.21. The van der Waals surface area contributed by atoms with Crippen LogP contribution in [-0.2, 0) is 9.53 Å². The van der Waals surface area contributed by atoms with Crippen molar-refractivity contribution >= 4 is 18.3 Å². The number of ether oxygens (including phenoxy) is 1. The predicted octanol–water partition coefficient (Wildman–Crippen LogP) is 2.59. The van der Waals surface area contributed by atoms with E-state index in [9.17, 15) is 4.79 Å². The van der Waals surface area contributed by atoms with E-state index in [1.165, 1.54) is 6.42 Å². The summed E-state index contributed by atoms with van der Waals surface area (Å²) in [7, 11) is 0. The standard InChI is InChI=1S/C16H30N2O2.ClH/c1-12(2)11-20-14-6-8-18(9-7-14)16(19)10-13-4-3-5-15(13)17;/h12-15H,3-11,17H2,1-2H3;1H/t13-,15+;/m0./s1. The molecule has 4 nitrogen and oxygen atoms in total. The molecule has 21 heavy (non-hydrogen) atoms. The highest BCUT2D eigenvalue weighted by Gasteiger charge is 2.29. The molecule has 124 valence electrons. The highest BCUT2D eigenvalue weighted by Crippen LogP contribution is 2.28. The topological polar surface area (TPSA) is 55.6 Å². The van der Waals surface area contributed by atoms with Crippen LogP contribution in [0, 0.1) is 11.8 Å². The van der Waals surface area contributed by atoms with Gasteiger partial charge in [-0.2, -0.15) is 0 Å². The maximum Gasteiger partial charge on any atom is 0.222 e. The fraction of sp³-hybridized carbons (Fsp3) is 0.938. The summed E-state index contributed by atoms with van der Waals surface area (Å²) in [5.74, 6) is 1.30. The molecule has 0 unspecified atom stereocenters. The maximum atomic E-state index is 12.3. The van der Waals surface area contributed by atoms with Gasteiger partial charge in [-0.25, -0.2) is 0 Å². The van der Waals surface area contributed by atoms with E-state index in [0.717, 1.165) is 45.4 Å². The van der Waals surface area contributed by atoms with Crippen molar-refractivity contribution in [2.24, 2.45) is 17.6 Å². The predicted molar refractivity (Wildman–Crippen MR) is 87.6 cm³/mol. The van der Waals surface area contributed by atoms with Gasteiger partial charge in [-0.3, -0.25) is 4.79 Å². The number of nitrogens with zero attached hydrogens (tertiary/aromatic N) is 1. The van der Waals surface area contributed by atoms with E-state index in [1.54, 1.807) is 0 Å². The average molecular weight is 319 g/mol.